The smallest absolute Gasteiger partial charge is 0.0715 e. The molecule has 0 heterocycles. The van der Waals surface area contributed by atoms with Gasteiger partial charge < -0.3 is 5.32 Å². The summed E-state index contributed by atoms with van der Waals surface area (Å²) in [7, 11) is 0. The fourth-order valence-corrected chi connectivity index (χ4v) is 1.87. The SMILES string of the molecule is C#CC(NCC)C1CCCC1. The van der Waals surface area contributed by atoms with Crippen LogP contribution in [0.3, 0.4) is 0 Å². The highest BCUT2D eigenvalue weighted by Crippen LogP contribution is 2.27. The number of nitrogens with one attached hydrogen (secondary N) is 1. The molecule has 11 heavy (non-hydrogen) atoms. The number of hydrogen-bond acceptors (Lipinski definition) is 1. The molecule has 0 saturated heterocycles. The largest absolute Gasteiger partial charge is 0.304 e. The van der Waals surface area contributed by atoms with Gasteiger partial charge in [-0.1, -0.05) is 25.7 Å². The van der Waals surface area contributed by atoms with Crippen molar-refractivity contribution >= 4 is 0 Å². The van der Waals surface area contributed by atoms with Crippen molar-refractivity contribution in [2.75, 3.05) is 6.54 Å². The van der Waals surface area contributed by atoms with Crippen molar-refractivity contribution in [2.24, 2.45) is 5.92 Å². The molecule has 1 rings (SSSR count). The normalized spacial score (nSPS) is 21.5. The van der Waals surface area contributed by atoms with Gasteiger partial charge in [0.1, 0.15) is 0 Å². The molecule has 1 saturated carbocycles. The van der Waals surface area contributed by atoms with Crippen LogP contribution in [0.2, 0.25) is 0 Å². The van der Waals surface area contributed by atoms with Gasteiger partial charge in [0.05, 0.1) is 6.04 Å². The van der Waals surface area contributed by atoms with Gasteiger partial charge in [-0.25, -0.2) is 0 Å². The molecule has 1 fully saturated rings. The predicted octanol–water partition coefficient (Wildman–Crippen LogP) is 1.79. The summed E-state index contributed by atoms with van der Waals surface area (Å²) in [5.41, 5.74) is 0. The fraction of sp³-hybridized carbons (Fsp3) is 0.800. The Morgan fingerprint density at radius 2 is 2.18 bits per heavy atom. The van der Waals surface area contributed by atoms with Gasteiger partial charge >= 0.3 is 0 Å². The van der Waals surface area contributed by atoms with E-state index in [2.05, 4.69) is 18.2 Å². The third-order valence-corrected chi connectivity index (χ3v) is 2.47. The number of terminal acetylenes is 1. The van der Waals surface area contributed by atoms with Crippen LogP contribution in [-0.2, 0) is 0 Å². The molecule has 0 aromatic carbocycles. The zero-order valence-electron chi connectivity index (χ0n) is 7.27. The monoisotopic (exact) mass is 151 g/mol. The summed E-state index contributed by atoms with van der Waals surface area (Å²) in [5.74, 6) is 3.58. The second-order valence-corrected chi connectivity index (χ2v) is 3.25. The van der Waals surface area contributed by atoms with E-state index in [-0.39, 0.29) is 0 Å². The van der Waals surface area contributed by atoms with E-state index in [1.54, 1.807) is 0 Å². The molecule has 1 nitrogen and oxygen atoms in total. The lowest BCUT2D eigenvalue weighted by Crippen LogP contribution is -2.33. The van der Waals surface area contributed by atoms with Crippen LogP contribution >= 0.6 is 0 Å². The van der Waals surface area contributed by atoms with Crippen LogP contribution < -0.4 is 5.32 Å². The lowest BCUT2D eigenvalue weighted by Gasteiger charge is -2.17. The Kier molecular flexibility index (Phi) is 3.45. The zero-order valence-corrected chi connectivity index (χ0v) is 7.27. The highest BCUT2D eigenvalue weighted by molar-refractivity contribution is 5.02. The summed E-state index contributed by atoms with van der Waals surface area (Å²) in [6.07, 6.45) is 10.8. The van der Waals surface area contributed by atoms with E-state index >= 15 is 0 Å². The molecule has 0 aliphatic heterocycles. The van der Waals surface area contributed by atoms with E-state index in [1.165, 1.54) is 25.7 Å². The van der Waals surface area contributed by atoms with Crippen molar-refractivity contribution in [1.82, 2.24) is 5.32 Å². The average Bonchev–Trinajstić information content (AvgIpc) is 2.52. The highest BCUT2D eigenvalue weighted by Gasteiger charge is 2.22. The Balaban J connectivity index is 2.35. The van der Waals surface area contributed by atoms with Gasteiger partial charge in [-0.3, -0.25) is 0 Å². The Morgan fingerprint density at radius 1 is 1.55 bits per heavy atom. The Labute approximate surface area is 69.6 Å². The highest BCUT2D eigenvalue weighted by atomic mass is 14.9. The molecule has 0 aromatic rings. The third-order valence-electron chi connectivity index (χ3n) is 2.47. The Bertz CT molecular complexity index is 139. The van der Waals surface area contributed by atoms with E-state index < -0.39 is 0 Å². The molecule has 62 valence electrons. The van der Waals surface area contributed by atoms with Crippen molar-refractivity contribution in [3.05, 3.63) is 0 Å². The fourth-order valence-electron chi connectivity index (χ4n) is 1.87. The first-order valence-corrected chi connectivity index (χ1v) is 4.58. The standard InChI is InChI=1S/C10H17N/c1-3-10(11-4-2)9-7-5-6-8-9/h1,9-11H,4-8H2,2H3. The van der Waals surface area contributed by atoms with Crippen LogP contribution in [0.15, 0.2) is 0 Å². The van der Waals surface area contributed by atoms with Crippen LogP contribution in [-0.4, -0.2) is 12.6 Å². The summed E-state index contributed by atoms with van der Waals surface area (Å²) in [4.78, 5) is 0. The van der Waals surface area contributed by atoms with Crippen LogP contribution in [0.25, 0.3) is 0 Å². The summed E-state index contributed by atoms with van der Waals surface area (Å²) < 4.78 is 0. The maximum absolute atomic E-state index is 5.43. The second kappa shape index (κ2) is 4.41. The van der Waals surface area contributed by atoms with Gasteiger partial charge in [-0.15, -0.1) is 6.42 Å². The molecule has 0 bridgehead atoms. The quantitative estimate of drug-likeness (QED) is 0.606. The van der Waals surface area contributed by atoms with E-state index in [4.69, 9.17) is 6.42 Å². The van der Waals surface area contributed by atoms with Gasteiger partial charge in [-0.2, -0.15) is 0 Å². The first-order chi connectivity index (χ1) is 5.38. The van der Waals surface area contributed by atoms with Crippen molar-refractivity contribution in [1.29, 1.82) is 0 Å². The van der Waals surface area contributed by atoms with E-state index in [1.807, 2.05) is 0 Å². The van der Waals surface area contributed by atoms with E-state index in [0.717, 1.165) is 12.5 Å². The summed E-state index contributed by atoms with van der Waals surface area (Å²) in [6.45, 7) is 3.10. The topological polar surface area (TPSA) is 12.0 Å². The average molecular weight is 151 g/mol. The first kappa shape index (κ1) is 8.62. The first-order valence-electron chi connectivity index (χ1n) is 4.58. The van der Waals surface area contributed by atoms with Crippen molar-refractivity contribution < 1.29 is 0 Å². The van der Waals surface area contributed by atoms with E-state index in [0.29, 0.717) is 6.04 Å². The number of hydrogen-bond donors (Lipinski definition) is 1. The molecule has 0 spiro atoms. The summed E-state index contributed by atoms with van der Waals surface area (Å²) in [5, 5.41) is 3.34. The summed E-state index contributed by atoms with van der Waals surface area (Å²) >= 11 is 0. The molecule has 1 aliphatic rings. The lowest BCUT2D eigenvalue weighted by molar-refractivity contribution is 0.432. The van der Waals surface area contributed by atoms with Gasteiger partial charge in [0.2, 0.25) is 0 Å². The third kappa shape index (κ3) is 2.24. The van der Waals surface area contributed by atoms with Crippen LogP contribution in [0.1, 0.15) is 32.6 Å². The molecule has 1 N–H and O–H groups in total. The number of rotatable bonds is 3. The minimum atomic E-state index is 0.336. The molecule has 1 unspecified atom stereocenters. The van der Waals surface area contributed by atoms with E-state index in [9.17, 15) is 0 Å². The Morgan fingerprint density at radius 3 is 2.64 bits per heavy atom. The zero-order chi connectivity index (χ0) is 8.10. The Hall–Kier alpha value is -0.480. The minimum Gasteiger partial charge on any atom is -0.304 e. The van der Waals surface area contributed by atoms with Crippen LogP contribution in [0, 0.1) is 18.3 Å². The van der Waals surface area contributed by atoms with Gasteiger partial charge in [0.15, 0.2) is 0 Å². The van der Waals surface area contributed by atoms with Crippen molar-refractivity contribution in [2.45, 2.75) is 38.6 Å². The van der Waals surface area contributed by atoms with Gasteiger partial charge in [0, 0.05) is 0 Å². The van der Waals surface area contributed by atoms with Gasteiger partial charge in [-0.05, 0) is 25.3 Å². The van der Waals surface area contributed by atoms with Gasteiger partial charge in [0.25, 0.3) is 0 Å². The predicted molar refractivity (Wildman–Crippen MR) is 48.3 cm³/mol. The lowest BCUT2D eigenvalue weighted by atomic mass is 9.99. The van der Waals surface area contributed by atoms with Crippen molar-refractivity contribution in [3.63, 3.8) is 0 Å². The summed E-state index contributed by atoms with van der Waals surface area (Å²) in [6, 6.07) is 0.336. The molecular weight excluding hydrogens is 134 g/mol. The maximum Gasteiger partial charge on any atom is 0.0715 e. The maximum atomic E-state index is 5.43. The van der Waals surface area contributed by atoms with Crippen molar-refractivity contribution in [3.8, 4) is 12.3 Å². The molecule has 0 amide bonds. The molecule has 1 atom stereocenters. The minimum absolute atomic E-state index is 0.336. The molecule has 1 heteroatoms. The molecule has 0 radical (unpaired) electrons. The second-order valence-electron chi connectivity index (χ2n) is 3.25. The molecule has 0 aromatic heterocycles. The van der Waals surface area contributed by atoms with Crippen LogP contribution in [0.5, 0.6) is 0 Å². The molecule has 1 aliphatic carbocycles. The molecular formula is C10H17N. The van der Waals surface area contributed by atoms with Crippen LogP contribution in [0.4, 0.5) is 0 Å².